The summed E-state index contributed by atoms with van der Waals surface area (Å²) in [6.07, 6.45) is 8.98. The number of halogens is 3. The van der Waals surface area contributed by atoms with Gasteiger partial charge in [-0.3, -0.25) is 4.79 Å². The molecule has 2 aromatic carbocycles. The molecule has 0 aromatic heterocycles. The minimum absolute atomic E-state index is 0.259. The second kappa shape index (κ2) is 13.2. The maximum absolute atomic E-state index is 12.1. The van der Waals surface area contributed by atoms with Gasteiger partial charge in [0.1, 0.15) is 5.75 Å². The van der Waals surface area contributed by atoms with Crippen molar-refractivity contribution in [2.24, 2.45) is 5.10 Å². The molecule has 156 valence electrons. The highest BCUT2D eigenvalue weighted by Gasteiger charge is 2.09. The number of hydrogen-bond donors (Lipinski definition) is 1. The third-order valence-electron chi connectivity index (χ3n) is 4.25. The molecule has 2 aromatic rings. The fraction of sp³-hybridized carbons (Fsp3) is 0.364. The van der Waals surface area contributed by atoms with Crippen molar-refractivity contribution in [3.8, 4) is 5.75 Å². The van der Waals surface area contributed by atoms with Gasteiger partial charge >= 0.3 is 0 Å². The molecule has 1 amide bonds. The van der Waals surface area contributed by atoms with E-state index in [0.717, 1.165) is 31.2 Å². The van der Waals surface area contributed by atoms with Gasteiger partial charge in [-0.15, -0.1) is 0 Å². The van der Waals surface area contributed by atoms with Crippen LogP contribution in [0.1, 0.15) is 61.4 Å². The quantitative estimate of drug-likeness (QED) is 0.168. The minimum Gasteiger partial charge on any atom is -0.491 e. The predicted molar refractivity (Wildman–Crippen MR) is 130 cm³/mol. The highest BCUT2D eigenvalue weighted by Crippen LogP contribution is 2.34. The largest absolute Gasteiger partial charge is 0.491 e. The predicted octanol–water partition coefficient (Wildman–Crippen LogP) is 7.48. The number of nitrogens with zero attached hydrogens (tertiary/aromatic N) is 1. The standard InChI is InChI=1S/C22H25Br3N2O2/c1-2-3-4-5-6-7-12-29-21-19(24)13-16(14-20(21)25)15-26-27-22(28)17-8-10-18(23)11-9-17/h8-11,13-15H,2-7,12H2,1H3,(H,27,28)/b26-15+. The minimum atomic E-state index is -0.259. The molecule has 0 aliphatic rings. The topological polar surface area (TPSA) is 50.7 Å². The Morgan fingerprint density at radius 2 is 1.62 bits per heavy atom. The van der Waals surface area contributed by atoms with Crippen molar-refractivity contribution in [1.82, 2.24) is 5.43 Å². The molecular formula is C22H25Br3N2O2. The zero-order chi connectivity index (χ0) is 21.1. The molecule has 4 nitrogen and oxygen atoms in total. The lowest BCUT2D eigenvalue weighted by atomic mass is 10.1. The van der Waals surface area contributed by atoms with Gasteiger partial charge in [0, 0.05) is 10.0 Å². The van der Waals surface area contributed by atoms with E-state index >= 15 is 0 Å². The van der Waals surface area contributed by atoms with Crippen molar-refractivity contribution in [2.45, 2.75) is 45.4 Å². The second-order valence-electron chi connectivity index (χ2n) is 6.64. The van der Waals surface area contributed by atoms with Crippen LogP contribution in [0.4, 0.5) is 0 Å². The molecule has 7 heteroatoms. The number of ether oxygens (including phenoxy) is 1. The highest BCUT2D eigenvalue weighted by atomic mass is 79.9. The molecule has 0 fully saturated rings. The van der Waals surface area contributed by atoms with Gasteiger partial charge in [0.05, 0.1) is 21.8 Å². The van der Waals surface area contributed by atoms with Gasteiger partial charge in [0.2, 0.25) is 0 Å². The van der Waals surface area contributed by atoms with Gasteiger partial charge < -0.3 is 4.74 Å². The lowest BCUT2D eigenvalue weighted by Crippen LogP contribution is -2.17. The van der Waals surface area contributed by atoms with Crippen LogP contribution in [0.3, 0.4) is 0 Å². The number of hydrazone groups is 1. The van der Waals surface area contributed by atoms with Crippen molar-refractivity contribution in [3.05, 3.63) is 60.9 Å². The molecule has 0 radical (unpaired) electrons. The van der Waals surface area contributed by atoms with Crippen LogP contribution in [0.5, 0.6) is 5.75 Å². The Labute approximate surface area is 197 Å². The smallest absolute Gasteiger partial charge is 0.271 e. The van der Waals surface area contributed by atoms with E-state index in [9.17, 15) is 4.79 Å². The summed E-state index contributed by atoms with van der Waals surface area (Å²) in [5.74, 6) is 0.528. The summed E-state index contributed by atoms with van der Waals surface area (Å²) in [5, 5.41) is 4.04. The third-order valence-corrected chi connectivity index (χ3v) is 5.96. The van der Waals surface area contributed by atoms with Gasteiger partial charge in [-0.1, -0.05) is 55.0 Å². The number of benzene rings is 2. The number of unbranched alkanes of at least 4 members (excludes halogenated alkanes) is 5. The van der Waals surface area contributed by atoms with Gasteiger partial charge in [0.15, 0.2) is 0 Å². The van der Waals surface area contributed by atoms with Gasteiger partial charge in [-0.25, -0.2) is 5.43 Å². The average Bonchev–Trinajstić information content (AvgIpc) is 2.69. The van der Waals surface area contributed by atoms with Crippen LogP contribution in [-0.4, -0.2) is 18.7 Å². The van der Waals surface area contributed by atoms with Crippen LogP contribution >= 0.6 is 47.8 Å². The van der Waals surface area contributed by atoms with Gasteiger partial charge in [-0.05, 0) is 80.2 Å². The Bertz CT molecular complexity index is 800. The van der Waals surface area contributed by atoms with E-state index in [4.69, 9.17) is 4.74 Å². The summed E-state index contributed by atoms with van der Waals surface area (Å²) >= 11 is 10.5. The van der Waals surface area contributed by atoms with Crippen LogP contribution in [0.25, 0.3) is 0 Å². The first kappa shape index (κ1) is 24.1. The second-order valence-corrected chi connectivity index (χ2v) is 9.26. The van der Waals surface area contributed by atoms with Crippen LogP contribution in [0.15, 0.2) is 54.9 Å². The van der Waals surface area contributed by atoms with Crippen molar-refractivity contribution < 1.29 is 9.53 Å². The Hall–Kier alpha value is -1.18. The first-order valence-corrected chi connectivity index (χ1v) is 12.1. The number of nitrogens with one attached hydrogen (secondary N) is 1. The molecule has 2 rings (SSSR count). The highest BCUT2D eigenvalue weighted by molar-refractivity contribution is 9.11. The normalized spacial score (nSPS) is 11.0. The average molecular weight is 589 g/mol. The molecule has 0 atom stereocenters. The molecule has 0 aliphatic heterocycles. The summed E-state index contributed by atoms with van der Waals surface area (Å²) in [6.45, 7) is 2.92. The summed E-state index contributed by atoms with van der Waals surface area (Å²) in [6, 6.07) is 10.9. The van der Waals surface area contributed by atoms with Crippen molar-refractivity contribution >= 4 is 59.9 Å². The molecule has 0 heterocycles. The van der Waals surface area contributed by atoms with Crippen molar-refractivity contribution in [1.29, 1.82) is 0 Å². The van der Waals surface area contributed by atoms with Crippen LogP contribution in [-0.2, 0) is 0 Å². The molecule has 1 N–H and O–H groups in total. The number of amides is 1. The molecule has 0 spiro atoms. The molecular weight excluding hydrogens is 564 g/mol. The van der Waals surface area contributed by atoms with Crippen LogP contribution < -0.4 is 10.2 Å². The Kier molecular flexibility index (Phi) is 11.0. The summed E-state index contributed by atoms with van der Waals surface area (Å²) in [5.41, 5.74) is 3.92. The zero-order valence-electron chi connectivity index (χ0n) is 16.4. The molecule has 0 saturated heterocycles. The summed E-state index contributed by atoms with van der Waals surface area (Å²) in [7, 11) is 0. The summed E-state index contributed by atoms with van der Waals surface area (Å²) < 4.78 is 8.54. The maximum atomic E-state index is 12.1. The Morgan fingerprint density at radius 1 is 1.00 bits per heavy atom. The summed E-state index contributed by atoms with van der Waals surface area (Å²) in [4.78, 5) is 12.1. The SMILES string of the molecule is CCCCCCCCOc1c(Br)cc(/C=N/NC(=O)c2ccc(Br)cc2)cc1Br. The van der Waals surface area contributed by atoms with E-state index in [2.05, 4.69) is 65.2 Å². The Balaban J connectivity index is 1.85. The molecule has 0 aliphatic carbocycles. The van der Waals surface area contributed by atoms with Gasteiger partial charge in [-0.2, -0.15) is 5.10 Å². The van der Waals surface area contributed by atoms with Crippen LogP contribution in [0, 0.1) is 0 Å². The number of carbonyl (C=O) groups excluding carboxylic acids is 1. The maximum Gasteiger partial charge on any atom is 0.271 e. The molecule has 0 saturated carbocycles. The number of carbonyl (C=O) groups is 1. The number of hydrogen-bond acceptors (Lipinski definition) is 3. The van der Waals surface area contributed by atoms with E-state index in [-0.39, 0.29) is 5.91 Å². The lowest BCUT2D eigenvalue weighted by Gasteiger charge is -2.11. The van der Waals surface area contributed by atoms with E-state index < -0.39 is 0 Å². The van der Waals surface area contributed by atoms with E-state index in [1.807, 2.05) is 24.3 Å². The van der Waals surface area contributed by atoms with E-state index in [1.165, 1.54) is 32.1 Å². The zero-order valence-corrected chi connectivity index (χ0v) is 21.1. The van der Waals surface area contributed by atoms with Crippen molar-refractivity contribution in [3.63, 3.8) is 0 Å². The Morgan fingerprint density at radius 3 is 2.28 bits per heavy atom. The fourth-order valence-corrected chi connectivity index (χ4v) is 4.39. The monoisotopic (exact) mass is 586 g/mol. The molecule has 29 heavy (non-hydrogen) atoms. The van der Waals surface area contributed by atoms with E-state index in [0.29, 0.717) is 12.2 Å². The van der Waals surface area contributed by atoms with Crippen LogP contribution in [0.2, 0.25) is 0 Å². The third kappa shape index (κ3) is 8.60. The first-order valence-electron chi connectivity index (χ1n) is 9.72. The van der Waals surface area contributed by atoms with Gasteiger partial charge in [0.25, 0.3) is 5.91 Å². The number of rotatable bonds is 11. The molecule has 0 unspecified atom stereocenters. The van der Waals surface area contributed by atoms with E-state index in [1.54, 1.807) is 18.3 Å². The lowest BCUT2D eigenvalue weighted by molar-refractivity contribution is 0.0955. The first-order chi connectivity index (χ1) is 14.0. The fourth-order valence-electron chi connectivity index (χ4n) is 2.68. The van der Waals surface area contributed by atoms with Crippen molar-refractivity contribution in [2.75, 3.05) is 6.61 Å². The molecule has 0 bridgehead atoms.